The Morgan fingerprint density at radius 2 is 1.46 bits per heavy atom. The van der Waals surface area contributed by atoms with Crippen LogP contribution in [-0.2, 0) is 14.3 Å². The molecular formula is C46H52F3N11O5. The molecule has 2 aliphatic heterocycles. The molecule has 342 valence electrons. The van der Waals surface area contributed by atoms with Gasteiger partial charge in [-0.2, -0.15) is 23.1 Å². The van der Waals surface area contributed by atoms with Crippen LogP contribution in [0.2, 0.25) is 0 Å². The van der Waals surface area contributed by atoms with E-state index in [1.807, 2.05) is 83.8 Å². The normalized spacial score (nSPS) is 22.8. The zero-order chi connectivity index (χ0) is 45.1. The molecule has 0 radical (unpaired) electrons. The van der Waals surface area contributed by atoms with Crippen LogP contribution in [0.4, 0.5) is 35.5 Å². The first kappa shape index (κ1) is 43.7. The van der Waals surface area contributed by atoms with Gasteiger partial charge in [0.1, 0.15) is 11.9 Å². The number of aliphatic hydroxyl groups is 1. The number of nitrogens with one attached hydrogen (secondary N) is 4. The van der Waals surface area contributed by atoms with Gasteiger partial charge < -0.3 is 45.5 Å². The van der Waals surface area contributed by atoms with Crippen molar-refractivity contribution in [2.75, 3.05) is 47.8 Å². The van der Waals surface area contributed by atoms with Crippen LogP contribution in [0.25, 0.3) is 11.2 Å². The number of nitrogens with zero attached hydrogens (tertiary/aromatic N) is 7. The topological polar surface area (TPSA) is 192 Å². The third-order valence-electron chi connectivity index (χ3n) is 13.2. The number of carbonyl (C=O) groups excluding carboxylic acids is 3. The summed E-state index contributed by atoms with van der Waals surface area (Å²) >= 11 is 0. The average molecular weight is 896 g/mol. The molecule has 2 saturated heterocycles. The molecule has 16 nitrogen and oxygen atoms in total. The molecule has 0 unspecified atom stereocenters. The maximum absolute atomic E-state index is 13.7. The highest BCUT2D eigenvalue weighted by Gasteiger charge is 2.51. The fourth-order valence-corrected chi connectivity index (χ4v) is 9.39. The third-order valence-corrected chi connectivity index (χ3v) is 13.2. The maximum atomic E-state index is 13.7. The van der Waals surface area contributed by atoms with Crippen molar-refractivity contribution in [3.05, 3.63) is 103 Å². The van der Waals surface area contributed by atoms with E-state index >= 15 is 0 Å². The average Bonchev–Trinajstić information content (AvgIpc) is 4.01. The minimum Gasteiger partial charge on any atom is -0.451 e. The molecule has 3 amide bonds. The molecule has 3 aromatic heterocycles. The predicted molar refractivity (Wildman–Crippen MR) is 235 cm³/mol. The van der Waals surface area contributed by atoms with E-state index < -0.39 is 36.4 Å². The lowest BCUT2D eigenvalue weighted by Crippen LogP contribution is -2.50. The number of carbonyl (C=O) groups is 3. The van der Waals surface area contributed by atoms with Crippen molar-refractivity contribution in [1.82, 2.24) is 40.5 Å². The van der Waals surface area contributed by atoms with Gasteiger partial charge in [0.15, 0.2) is 23.1 Å². The Kier molecular flexibility index (Phi) is 12.7. The number of ether oxygens (including phenoxy) is 1. The summed E-state index contributed by atoms with van der Waals surface area (Å²) in [4.78, 5) is 61.8. The van der Waals surface area contributed by atoms with Crippen LogP contribution >= 0.6 is 0 Å². The van der Waals surface area contributed by atoms with Crippen molar-refractivity contribution in [1.29, 1.82) is 0 Å². The number of urea groups is 1. The van der Waals surface area contributed by atoms with Crippen LogP contribution in [0, 0.1) is 5.92 Å². The molecule has 2 aromatic carbocycles. The second-order valence-corrected chi connectivity index (χ2v) is 17.4. The van der Waals surface area contributed by atoms with Gasteiger partial charge in [-0.25, -0.2) is 19.6 Å². The number of aromatic nitrogens is 5. The summed E-state index contributed by atoms with van der Waals surface area (Å²) < 4.78 is 47.6. The zero-order valence-corrected chi connectivity index (χ0v) is 35.6. The van der Waals surface area contributed by atoms with E-state index in [-0.39, 0.29) is 53.9 Å². The number of rotatable bonds is 13. The first-order valence-electron chi connectivity index (χ1n) is 22.3. The van der Waals surface area contributed by atoms with Gasteiger partial charge in [0, 0.05) is 62.8 Å². The number of benzene rings is 2. The highest BCUT2D eigenvalue weighted by molar-refractivity contribution is 5.85. The fraction of sp³-hybridized carbons (Fsp3) is 0.457. The Morgan fingerprint density at radius 1 is 0.800 bits per heavy atom. The van der Waals surface area contributed by atoms with Crippen LogP contribution in [0.3, 0.4) is 0 Å². The molecule has 5 N–H and O–H groups in total. The van der Waals surface area contributed by atoms with Crippen LogP contribution in [-0.4, -0.2) is 117 Å². The van der Waals surface area contributed by atoms with Crippen molar-refractivity contribution in [3.8, 4) is 0 Å². The number of piperidine rings is 1. The van der Waals surface area contributed by atoms with Gasteiger partial charge in [-0.3, -0.25) is 4.79 Å². The number of hydrogen-bond acceptors (Lipinski definition) is 12. The standard InChI is InChI=1S/C46H52F3N11O5/c47-46(48,49)43(63)65-39-35(24-34(38(39)61)55-42(62)30-14-9-15-30)60-27-52-37-40(51-25-33(28-10-3-1-4-11-28)29-12-5-2-6-13-29)56-44(57-41(37)60)59-23-19-32(26-59)54-45(64)53-31-17-21-58(22-18-31)36-16-7-8-20-50-36/h1-8,10-13,16,20,27,30-35,38-39,61H,9,14-15,17-19,21-26H2,(H,55,62)(H,51,56,57)(H2,53,54,64)/t32-,34+,35-,38-,39+/m1/s1. The van der Waals surface area contributed by atoms with Gasteiger partial charge in [-0.1, -0.05) is 73.2 Å². The summed E-state index contributed by atoms with van der Waals surface area (Å²) in [6, 6.07) is 23.1. The Hall–Kier alpha value is -6.50. The fourth-order valence-electron chi connectivity index (χ4n) is 9.39. The summed E-state index contributed by atoms with van der Waals surface area (Å²) in [6.07, 6.45) is -1.24. The van der Waals surface area contributed by atoms with Gasteiger partial charge in [0.2, 0.25) is 11.9 Å². The van der Waals surface area contributed by atoms with Crippen molar-refractivity contribution in [2.45, 2.75) is 93.4 Å². The number of esters is 1. The Labute approximate surface area is 373 Å². The number of amides is 3. The number of aliphatic hydroxyl groups excluding tert-OH is 1. The molecule has 0 bridgehead atoms. The van der Waals surface area contributed by atoms with E-state index in [0.717, 1.165) is 49.3 Å². The Balaban J connectivity index is 0.982. The summed E-state index contributed by atoms with van der Waals surface area (Å²) in [6.45, 7) is 2.76. The summed E-state index contributed by atoms with van der Waals surface area (Å²) in [7, 11) is 0. The summed E-state index contributed by atoms with van der Waals surface area (Å²) in [5.74, 6) is -1.60. The molecular weight excluding hydrogens is 844 g/mol. The molecule has 4 fully saturated rings. The number of anilines is 3. The molecule has 5 aromatic rings. The summed E-state index contributed by atoms with van der Waals surface area (Å²) in [5, 5.41) is 24.0. The number of alkyl halides is 3. The quantitative estimate of drug-likeness (QED) is 0.0988. The largest absolute Gasteiger partial charge is 0.490 e. The lowest BCUT2D eigenvalue weighted by Gasteiger charge is -2.33. The smallest absolute Gasteiger partial charge is 0.451 e. The molecule has 0 spiro atoms. The van der Waals surface area contributed by atoms with Gasteiger partial charge in [-0.05, 0) is 61.8 Å². The van der Waals surface area contributed by atoms with E-state index in [4.69, 9.17) is 14.7 Å². The highest BCUT2D eigenvalue weighted by Crippen LogP contribution is 2.39. The third kappa shape index (κ3) is 9.79. The lowest BCUT2D eigenvalue weighted by molar-refractivity contribution is -0.209. The Morgan fingerprint density at radius 3 is 2.11 bits per heavy atom. The highest BCUT2D eigenvalue weighted by atomic mass is 19.4. The molecule has 9 rings (SSSR count). The zero-order valence-electron chi connectivity index (χ0n) is 35.6. The monoisotopic (exact) mass is 895 g/mol. The minimum atomic E-state index is -5.33. The number of hydrogen-bond donors (Lipinski definition) is 5. The van der Waals surface area contributed by atoms with Crippen LogP contribution in [0.5, 0.6) is 0 Å². The van der Waals surface area contributed by atoms with Crippen molar-refractivity contribution in [3.63, 3.8) is 0 Å². The minimum absolute atomic E-state index is 0.00203. The number of halogens is 3. The number of imidazole rings is 1. The Bertz CT molecular complexity index is 2400. The molecule has 4 aliphatic rings. The van der Waals surface area contributed by atoms with Crippen LogP contribution in [0.1, 0.15) is 68.0 Å². The molecule has 5 heterocycles. The predicted octanol–water partition coefficient (Wildman–Crippen LogP) is 5.08. The number of fused-ring (bicyclic) bond motifs is 1. The number of pyridine rings is 1. The van der Waals surface area contributed by atoms with Crippen molar-refractivity contribution < 1.29 is 37.4 Å². The van der Waals surface area contributed by atoms with E-state index in [0.29, 0.717) is 50.2 Å². The van der Waals surface area contributed by atoms with Gasteiger partial charge >= 0.3 is 18.2 Å². The van der Waals surface area contributed by atoms with Crippen LogP contribution < -0.4 is 31.1 Å². The SMILES string of the molecule is O=C(NC1CCN(c2ccccn2)CC1)N[C@@H]1CCN(c2nc(NCC(c3ccccc3)c3ccccc3)c3ncn([C@@H]4C[C@H](NC(=O)C5CCC5)[C@@H](O)[C@H]4OC(=O)C(F)(F)F)c3n2)C1. The lowest BCUT2D eigenvalue weighted by atomic mass is 9.84. The van der Waals surface area contributed by atoms with Crippen molar-refractivity contribution >= 4 is 46.7 Å². The molecule has 2 saturated carbocycles. The van der Waals surface area contributed by atoms with Crippen molar-refractivity contribution in [2.24, 2.45) is 5.92 Å². The molecule has 65 heavy (non-hydrogen) atoms. The molecule has 19 heteroatoms. The first-order chi connectivity index (χ1) is 31.5. The maximum Gasteiger partial charge on any atom is 0.490 e. The van der Waals surface area contributed by atoms with E-state index in [2.05, 4.69) is 36.1 Å². The second-order valence-electron chi connectivity index (χ2n) is 17.4. The second kappa shape index (κ2) is 18.9. The van der Waals surface area contributed by atoms with E-state index in [1.54, 1.807) is 6.20 Å². The molecule has 2 aliphatic carbocycles. The van der Waals surface area contributed by atoms with Crippen LogP contribution in [0.15, 0.2) is 91.4 Å². The van der Waals surface area contributed by atoms with E-state index in [9.17, 15) is 32.7 Å². The first-order valence-corrected chi connectivity index (χ1v) is 22.3. The van der Waals surface area contributed by atoms with Gasteiger partial charge in [0.25, 0.3) is 0 Å². The van der Waals surface area contributed by atoms with E-state index in [1.165, 1.54) is 10.9 Å². The van der Waals surface area contributed by atoms with Gasteiger partial charge in [-0.15, -0.1) is 0 Å². The summed E-state index contributed by atoms with van der Waals surface area (Å²) in [5.41, 5.74) is 2.62. The molecule has 5 atom stereocenters. The van der Waals surface area contributed by atoms with Gasteiger partial charge in [0.05, 0.1) is 18.4 Å².